The molecule has 2 amide bonds. The molecule has 3 rings (SSSR count). The Labute approximate surface area is 268 Å². The fraction of sp³-hybridized carbons (Fsp3) is 0.485. The molecule has 0 saturated heterocycles. The Kier molecular flexibility index (Phi) is 12.0. The number of ketones is 1. The first-order valence-electron chi connectivity index (χ1n) is 15.1. The van der Waals surface area contributed by atoms with Crippen LogP contribution in [-0.4, -0.2) is 80.7 Å². The Morgan fingerprint density at radius 1 is 1.13 bits per heavy atom. The number of allylic oxidation sites excluding steroid dienone is 1. The number of hydrogen-bond donors (Lipinski definition) is 1. The van der Waals surface area contributed by atoms with Crippen LogP contribution < -0.4 is 10.9 Å². The minimum Gasteiger partial charge on any atom is -0.453 e. The van der Waals surface area contributed by atoms with Gasteiger partial charge < -0.3 is 24.3 Å². The first-order chi connectivity index (χ1) is 21.6. The van der Waals surface area contributed by atoms with Gasteiger partial charge in [0, 0.05) is 38.5 Å². The van der Waals surface area contributed by atoms with Crippen molar-refractivity contribution in [3.8, 4) is 0 Å². The third-order valence-electron chi connectivity index (χ3n) is 6.86. The molecule has 0 bridgehead atoms. The lowest BCUT2D eigenvalue weighted by Gasteiger charge is -2.20. The minimum atomic E-state index is -0.956. The highest BCUT2D eigenvalue weighted by molar-refractivity contribution is 5.90. The van der Waals surface area contributed by atoms with Gasteiger partial charge in [0.25, 0.3) is 5.56 Å². The summed E-state index contributed by atoms with van der Waals surface area (Å²) in [5.74, 6) is -0.0459. The van der Waals surface area contributed by atoms with Crippen molar-refractivity contribution in [2.45, 2.75) is 78.5 Å². The van der Waals surface area contributed by atoms with Crippen molar-refractivity contribution < 1.29 is 28.7 Å². The molecule has 0 aromatic carbocycles. The monoisotopic (exact) mass is 636 g/mol. The van der Waals surface area contributed by atoms with Crippen LogP contribution in [0.2, 0.25) is 0 Å². The molecule has 1 atom stereocenters. The number of hydrogen-bond acceptors (Lipinski definition) is 9. The second kappa shape index (κ2) is 15.5. The summed E-state index contributed by atoms with van der Waals surface area (Å²) in [6.45, 7) is 9.34. The number of amides is 2. The van der Waals surface area contributed by atoms with E-state index < -0.39 is 35.2 Å². The van der Waals surface area contributed by atoms with Gasteiger partial charge >= 0.3 is 12.2 Å². The Morgan fingerprint density at radius 3 is 2.48 bits per heavy atom. The van der Waals surface area contributed by atoms with Crippen molar-refractivity contribution >= 4 is 34.9 Å². The van der Waals surface area contributed by atoms with E-state index in [0.717, 1.165) is 5.69 Å². The summed E-state index contributed by atoms with van der Waals surface area (Å²) in [4.78, 5) is 74.9. The lowest BCUT2D eigenvalue weighted by molar-refractivity contribution is -0.123. The number of nitrogens with zero attached hydrogens (tertiary/aromatic N) is 5. The number of ether oxygens (including phenoxy) is 2. The predicted octanol–water partition coefficient (Wildman–Crippen LogP) is 3.88. The summed E-state index contributed by atoms with van der Waals surface area (Å²) < 4.78 is 13.1. The second-order valence-electron chi connectivity index (χ2n) is 12.6. The fourth-order valence-electron chi connectivity index (χ4n) is 4.68. The quantitative estimate of drug-likeness (QED) is 0.292. The molecular formula is C33H44N6O7. The number of rotatable bonds is 12. The van der Waals surface area contributed by atoms with Gasteiger partial charge in [-0.2, -0.15) is 0 Å². The molecule has 0 aliphatic heterocycles. The molecule has 0 spiro atoms. The number of carbonyl (C=O) groups excluding carboxylic acids is 4. The number of alkyl carbamates (subject to hydrolysis) is 1. The number of fused-ring (bicyclic) bond motifs is 1. The number of imidazole rings is 1. The van der Waals surface area contributed by atoms with E-state index in [-0.39, 0.29) is 36.7 Å². The van der Waals surface area contributed by atoms with Gasteiger partial charge in [-0.15, -0.1) is 0 Å². The SMILES string of the molecule is COC(=O)N[C@@H](CC/C=C/C(=O)N(C)C)C(=O)Cc1cccn(Cc2nc3c(CC(C)C)nccc3n2C(=O)OC(C)(C)C)c1=O. The summed E-state index contributed by atoms with van der Waals surface area (Å²) in [6, 6.07) is 3.91. The van der Waals surface area contributed by atoms with Gasteiger partial charge in [-0.05, 0) is 64.2 Å². The van der Waals surface area contributed by atoms with Crippen LogP contribution in [0.4, 0.5) is 9.59 Å². The van der Waals surface area contributed by atoms with E-state index in [4.69, 9.17) is 9.72 Å². The van der Waals surface area contributed by atoms with E-state index in [1.807, 2.05) is 0 Å². The molecular weight excluding hydrogens is 592 g/mol. The zero-order valence-corrected chi connectivity index (χ0v) is 27.8. The van der Waals surface area contributed by atoms with E-state index in [9.17, 15) is 24.0 Å². The topological polar surface area (TPSA) is 155 Å². The van der Waals surface area contributed by atoms with Crippen LogP contribution in [0.5, 0.6) is 0 Å². The molecule has 13 nitrogen and oxygen atoms in total. The molecule has 0 fully saturated rings. The van der Waals surface area contributed by atoms with Crippen molar-refractivity contribution in [2.75, 3.05) is 21.2 Å². The number of pyridine rings is 2. The van der Waals surface area contributed by atoms with Crippen molar-refractivity contribution in [1.82, 2.24) is 29.3 Å². The summed E-state index contributed by atoms with van der Waals surface area (Å²) in [7, 11) is 4.44. The smallest absolute Gasteiger partial charge is 0.420 e. The van der Waals surface area contributed by atoms with Crippen LogP contribution in [0.1, 0.15) is 64.5 Å². The highest BCUT2D eigenvalue weighted by Gasteiger charge is 2.26. The van der Waals surface area contributed by atoms with Crippen LogP contribution in [0.15, 0.2) is 47.5 Å². The molecule has 3 heterocycles. The molecule has 0 aliphatic rings. The molecule has 0 unspecified atom stereocenters. The lowest BCUT2D eigenvalue weighted by atomic mass is 10.0. The predicted molar refractivity (Wildman–Crippen MR) is 173 cm³/mol. The fourth-order valence-corrected chi connectivity index (χ4v) is 4.68. The van der Waals surface area contributed by atoms with E-state index >= 15 is 0 Å². The molecule has 3 aromatic rings. The van der Waals surface area contributed by atoms with Crippen molar-refractivity contribution in [3.05, 3.63) is 70.2 Å². The van der Waals surface area contributed by atoms with E-state index in [0.29, 0.717) is 29.8 Å². The summed E-state index contributed by atoms with van der Waals surface area (Å²) in [6.07, 6.45) is 5.67. The largest absolute Gasteiger partial charge is 0.453 e. The number of likely N-dealkylation sites (N-methyl/N-ethyl adjacent to an activating group) is 1. The molecule has 0 saturated carbocycles. The average molecular weight is 637 g/mol. The van der Waals surface area contributed by atoms with Gasteiger partial charge in [-0.25, -0.2) is 19.1 Å². The maximum atomic E-state index is 13.6. The van der Waals surface area contributed by atoms with Crippen molar-refractivity contribution in [3.63, 3.8) is 0 Å². The van der Waals surface area contributed by atoms with Gasteiger partial charge in [-0.1, -0.05) is 26.0 Å². The third kappa shape index (κ3) is 9.59. The van der Waals surface area contributed by atoms with E-state index in [1.165, 1.54) is 27.2 Å². The molecule has 13 heteroatoms. The first-order valence-corrected chi connectivity index (χ1v) is 15.1. The molecule has 248 valence electrons. The standard InChI is InChI=1S/C33H44N6O7/c1-21(2)18-24-29-25(15-16-34-24)39(32(44)46-33(3,4)5)27(36-29)20-38-17-11-12-22(30(38)42)19-26(40)23(35-31(43)45-8)13-9-10-14-28(41)37(6)7/h10-12,14-17,21,23H,9,13,18-20H2,1-8H3,(H,35,43)/b14-10+/t23-/m0/s1. The summed E-state index contributed by atoms with van der Waals surface area (Å²) in [5.41, 5.74) is 0.772. The minimum absolute atomic E-state index is 0.0789. The maximum Gasteiger partial charge on any atom is 0.420 e. The average Bonchev–Trinajstić information content (AvgIpc) is 3.34. The Bertz CT molecular complexity index is 1660. The molecule has 46 heavy (non-hydrogen) atoms. The maximum absolute atomic E-state index is 13.6. The number of Topliss-reactive ketones (excluding diaryl/α,β-unsaturated/α-hetero) is 1. The van der Waals surface area contributed by atoms with E-state index in [1.54, 1.807) is 71.5 Å². The Balaban J connectivity index is 1.94. The summed E-state index contributed by atoms with van der Waals surface area (Å²) >= 11 is 0. The van der Waals surface area contributed by atoms with Gasteiger partial charge in [0.2, 0.25) is 5.91 Å². The van der Waals surface area contributed by atoms with Crippen molar-refractivity contribution in [1.29, 1.82) is 0 Å². The molecule has 0 aliphatic carbocycles. The Hall–Kier alpha value is -4.81. The van der Waals surface area contributed by atoms with Gasteiger partial charge in [0.15, 0.2) is 5.78 Å². The molecule has 0 radical (unpaired) electrons. The number of carbonyl (C=O) groups is 4. The highest BCUT2D eigenvalue weighted by atomic mass is 16.6. The number of aromatic nitrogens is 4. The van der Waals surface area contributed by atoms with Gasteiger partial charge in [-0.3, -0.25) is 19.4 Å². The van der Waals surface area contributed by atoms with Crippen LogP contribution in [-0.2, 0) is 38.4 Å². The van der Waals surface area contributed by atoms with E-state index in [2.05, 4.69) is 28.9 Å². The lowest BCUT2D eigenvalue weighted by Crippen LogP contribution is -2.42. The highest BCUT2D eigenvalue weighted by Crippen LogP contribution is 2.23. The third-order valence-corrected chi connectivity index (χ3v) is 6.86. The Morgan fingerprint density at radius 2 is 1.85 bits per heavy atom. The van der Waals surface area contributed by atoms with Crippen molar-refractivity contribution in [2.24, 2.45) is 5.92 Å². The van der Waals surface area contributed by atoms with Crippen LogP contribution in [0.25, 0.3) is 11.0 Å². The number of methoxy groups -OCH3 is 1. The normalized spacial score (nSPS) is 12.4. The number of nitrogens with one attached hydrogen (secondary N) is 1. The van der Waals surface area contributed by atoms with Gasteiger partial charge in [0.1, 0.15) is 16.9 Å². The second-order valence-corrected chi connectivity index (χ2v) is 12.6. The van der Waals surface area contributed by atoms with Gasteiger partial charge in [0.05, 0.1) is 30.9 Å². The van der Waals surface area contributed by atoms with Crippen LogP contribution in [0, 0.1) is 5.92 Å². The zero-order chi connectivity index (χ0) is 34.2. The van der Waals surface area contributed by atoms with Crippen LogP contribution in [0.3, 0.4) is 0 Å². The van der Waals surface area contributed by atoms with Crippen LogP contribution >= 0.6 is 0 Å². The summed E-state index contributed by atoms with van der Waals surface area (Å²) in [5, 5.41) is 2.52. The first kappa shape index (κ1) is 35.7. The zero-order valence-electron chi connectivity index (χ0n) is 27.8. The molecule has 1 N–H and O–H groups in total. The molecule has 3 aromatic heterocycles.